The van der Waals surface area contributed by atoms with Crippen LogP contribution in [0.1, 0.15) is 16.1 Å². The van der Waals surface area contributed by atoms with Gasteiger partial charge >= 0.3 is 0 Å². The molecular formula is C18H16ClN5O2. The van der Waals surface area contributed by atoms with Crippen molar-refractivity contribution in [3.05, 3.63) is 71.4 Å². The second-order valence-electron chi connectivity index (χ2n) is 5.31. The van der Waals surface area contributed by atoms with E-state index in [9.17, 15) is 4.79 Å². The average Bonchev–Trinajstić information content (AvgIpc) is 2.68. The lowest BCUT2D eigenvalue weighted by Gasteiger charge is -2.08. The van der Waals surface area contributed by atoms with Gasteiger partial charge in [-0.25, -0.2) is 9.97 Å². The van der Waals surface area contributed by atoms with Crippen molar-refractivity contribution in [1.29, 1.82) is 0 Å². The summed E-state index contributed by atoms with van der Waals surface area (Å²) in [6, 6.07) is 8.79. The van der Waals surface area contributed by atoms with Gasteiger partial charge in [-0.15, -0.1) is 0 Å². The fourth-order valence-electron chi connectivity index (χ4n) is 2.17. The lowest BCUT2D eigenvalue weighted by atomic mass is 10.3. The second kappa shape index (κ2) is 8.26. The van der Waals surface area contributed by atoms with E-state index in [0.29, 0.717) is 28.8 Å². The van der Waals surface area contributed by atoms with Gasteiger partial charge in [0, 0.05) is 24.6 Å². The van der Waals surface area contributed by atoms with Crippen LogP contribution in [0.4, 0.5) is 11.5 Å². The molecule has 0 fully saturated rings. The van der Waals surface area contributed by atoms with Crippen LogP contribution >= 0.6 is 11.6 Å². The number of hydrogen-bond acceptors (Lipinski definition) is 6. The number of hydrogen-bond donors (Lipinski definition) is 2. The number of benzene rings is 1. The van der Waals surface area contributed by atoms with E-state index in [2.05, 4.69) is 25.6 Å². The Bertz CT molecular complexity index is 888. The molecule has 2 N–H and O–H groups in total. The lowest BCUT2D eigenvalue weighted by molar-refractivity contribution is 0.102. The summed E-state index contributed by atoms with van der Waals surface area (Å²) in [5.41, 5.74) is 1.76. The fraction of sp³-hybridized carbons (Fsp3) is 0.111. The average molecular weight is 370 g/mol. The molecule has 3 rings (SSSR count). The molecular weight excluding hydrogens is 354 g/mol. The third-order valence-electron chi connectivity index (χ3n) is 3.49. The molecule has 0 unspecified atom stereocenters. The first-order chi connectivity index (χ1) is 12.7. The summed E-state index contributed by atoms with van der Waals surface area (Å²) in [5.74, 6) is 0.726. The van der Waals surface area contributed by atoms with E-state index in [1.807, 2.05) is 12.1 Å². The van der Waals surface area contributed by atoms with Crippen molar-refractivity contribution in [2.24, 2.45) is 0 Å². The molecule has 0 aliphatic carbocycles. The van der Waals surface area contributed by atoms with Crippen LogP contribution in [0.3, 0.4) is 0 Å². The molecule has 1 aromatic carbocycles. The number of methoxy groups -OCH3 is 1. The van der Waals surface area contributed by atoms with E-state index in [-0.39, 0.29) is 11.6 Å². The minimum Gasteiger partial charge on any atom is -0.495 e. The van der Waals surface area contributed by atoms with Crippen molar-refractivity contribution in [2.75, 3.05) is 17.7 Å². The molecule has 2 heterocycles. The van der Waals surface area contributed by atoms with Crippen LogP contribution in [-0.4, -0.2) is 28.0 Å². The zero-order valence-electron chi connectivity index (χ0n) is 13.9. The molecule has 0 saturated heterocycles. The molecule has 2 aromatic heterocycles. The predicted molar refractivity (Wildman–Crippen MR) is 99.6 cm³/mol. The molecule has 0 saturated carbocycles. The maximum Gasteiger partial charge on any atom is 0.275 e. The number of carbonyl (C=O) groups is 1. The minimum atomic E-state index is -0.377. The van der Waals surface area contributed by atoms with Crippen LogP contribution in [0.15, 0.2) is 55.1 Å². The Hall–Kier alpha value is -3.19. The molecule has 0 atom stereocenters. The molecule has 1 amide bonds. The van der Waals surface area contributed by atoms with E-state index >= 15 is 0 Å². The van der Waals surface area contributed by atoms with Gasteiger partial charge in [-0.1, -0.05) is 17.7 Å². The standard InChI is InChI=1S/C18H16ClN5O2/c1-26-16-5-4-13(7-14(16)19)24-18(25)15-10-23-17(11-21-15)22-9-12-3-2-6-20-8-12/h2-8,10-11H,9H2,1H3,(H,22,23)(H,24,25). The van der Waals surface area contributed by atoms with Gasteiger partial charge in [0.2, 0.25) is 0 Å². The quantitative estimate of drug-likeness (QED) is 0.692. The predicted octanol–water partition coefficient (Wildman–Crippen LogP) is 3.40. The topological polar surface area (TPSA) is 89.0 Å². The van der Waals surface area contributed by atoms with Crippen molar-refractivity contribution < 1.29 is 9.53 Å². The number of nitrogens with zero attached hydrogens (tertiary/aromatic N) is 3. The van der Waals surface area contributed by atoms with Crippen LogP contribution in [0.5, 0.6) is 5.75 Å². The van der Waals surface area contributed by atoms with Crippen molar-refractivity contribution >= 4 is 29.0 Å². The first kappa shape index (κ1) is 17.6. The molecule has 26 heavy (non-hydrogen) atoms. The van der Waals surface area contributed by atoms with Gasteiger partial charge in [-0.2, -0.15) is 0 Å². The normalized spacial score (nSPS) is 10.2. The Morgan fingerprint density at radius 2 is 2.08 bits per heavy atom. The summed E-state index contributed by atoms with van der Waals surface area (Å²) in [6.45, 7) is 0.568. The largest absolute Gasteiger partial charge is 0.495 e. The van der Waals surface area contributed by atoms with E-state index in [1.165, 1.54) is 19.5 Å². The number of pyridine rings is 1. The van der Waals surface area contributed by atoms with E-state index < -0.39 is 0 Å². The number of amides is 1. The van der Waals surface area contributed by atoms with Crippen molar-refractivity contribution in [3.8, 4) is 5.75 Å². The molecule has 7 nitrogen and oxygen atoms in total. The molecule has 3 aromatic rings. The van der Waals surface area contributed by atoms with Crippen LogP contribution in [0.25, 0.3) is 0 Å². The fourth-order valence-corrected chi connectivity index (χ4v) is 2.43. The maximum absolute atomic E-state index is 12.3. The SMILES string of the molecule is COc1ccc(NC(=O)c2cnc(NCc3cccnc3)cn2)cc1Cl. The van der Waals surface area contributed by atoms with E-state index in [4.69, 9.17) is 16.3 Å². The van der Waals surface area contributed by atoms with E-state index in [1.54, 1.807) is 30.6 Å². The highest BCUT2D eigenvalue weighted by Gasteiger charge is 2.10. The first-order valence-corrected chi connectivity index (χ1v) is 8.13. The third kappa shape index (κ3) is 4.46. The maximum atomic E-state index is 12.3. The zero-order chi connectivity index (χ0) is 18.4. The van der Waals surface area contributed by atoms with Crippen molar-refractivity contribution in [2.45, 2.75) is 6.54 Å². The number of anilines is 2. The number of ether oxygens (including phenoxy) is 1. The van der Waals surface area contributed by atoms with Gasteiger partial charge < -0.3 is 15.4 Å². The van der Waals surface area contributed by atoms with Crippen molar-refractivity contribution in [1.82, 2.24) is 15.0 Å². The smallest absolute Gasteiger partial charge is 0.275 e. The Morgan fingerprint density at radius 3 is 2.73 bits per heavy atom. The summed E-state index contributed by atoms with van der Waals surface area (Å²) >= 11 is 6.05. The van der Waals surface area contributed by atoms with Gasteiger partial charge in [0.15, 0.2) is 0 Å². The van der Waals surface area contributed by atoms with Gasteiger partial charge in [-0.3, -0.25) is 9.78 Å². The Balaban J connectivity index is 1.60. The summed E-state index contributed by atoms with van der Waals surface area (Å²) in [4.78, 5) is 24.6. The number of rotatable bonds is 6. The number of halogens is 1. The monoisotopic (exact) mass is 369 g/mol. The first-order valence-electron chi connectivity index (χ1n) is 7.75. The Morgan fingerprint density at radius 1 is 1.19 bits per heavy atom. The molecule has 0 aliphatic heterocycles. The minimum absolute atomic E-state index is 0.198. The van der Waals surface area contributed by atoms with Gasteiger partial charge in [0.05, 0.1) is 24.5 Å². The van der Waals surface area contributed by atoms with Crippen LogP contribution in [0.2, 0.25) is 5.02 Å². The molecule has 132 valence electrons. The van der Waals surface area contributed by atoms with Crippen LogP contribution in [-0.2, 0) is 6.54 Å². The number of carbonyl (C=O) groups excluding carboxylic acids is 1. The highest BCUT2D eigenvalue weighted by molar-refractivity contribution is 6.32. The molecule has 0 spiro atoms. The summed E-state index contributed by atoms with van der Waals surface area (Å²) in [7, 11) is 1.53. The van der Waals surface area contributed by atoms with Crippen LogP contribution < -0.4 is 15.4 Å². The highest BCUT2D eigenvalue weighted by Crippen LogP contribution is 2.27. The third-order valence-corrected chi connectivity index (χ3v) is 3.79. The lowest BCUT2D eigenvalue weighted by Crippen LogP contribution is -2.14. The zero-order valence-corrected chi connectivity index (χ0v) is 14.7. The van der Waals surface area contributed by atoms with Gasteiger partial charge in [-0.05, 0) is 29.8 Å². The van der Waals surface area contributed by atoms with E-state index in [0.717, 1.165) is 5.56 Å². The van der Waals surface area contributed by atoms with Crippen molar-refractivity contribution in [3.63, 3.8) is 0 Å². The Labute approximate surface area is 155 Å². The second-order valence-corrected chi connectivity index (χ2v) is 5.71. The molecule has 8 heteroatoms. The summed E-state index contributed by atoms with van der Waals surface area (Å²) < 4.78 is 5.08. The molecule has 0 aliphatic rings. The van der Waals surface area contributed by atoms with Gasteiger partial charge in [0.25, 0.3) is 5.91 Å². The number of aromatic nitrogens is 3. The summed E-state index contributed by atoms with van der Waals surface area (Å²) in [6.07, 6.45) is 6.40. The molecule has 0 radical (unpaired) electrons. The molecule has 0 bridgehead atoms. The highest BCUT2D eigenvalue weighted by atomic mass is 35.5. The van der Waals surface area contributed by atoms with Crippen LogP contribution in [0, 0.1) is 0 Å². The Kier molecular flexibility index (Phi) is 5.60. The van der Waals surface area contributed by atoms with Gasteiger partial charge in [0.1, 0.15) is 17.3 Å². The summed E-state index contributed by atoms with van der Waals surface area (Å²) in [5, 5.41) is 6.25. The number of nitrogens with one attached hydrogen (secondary N) is 2.